The van der Waals surface area contributed by atoms with Gasteiger partial charge in [-0.15, -0.1) is 11.3 Å². The van der Waals surface area contributed by atoms with Crippen LogP contribution in [0.15, 0.2) is 29.6 Å². The summed E-state index contributed by atoms with van der Waals surface area (Å²) in [6.45, 7) is 2.61. The Labute approximate surface area is 138 Å². The molecule has 0 bridgehead atoms. The van der Waals surface area contributed by atoms with Gasteiger partial charge in [-0.2, -0.15) is 0 Å². The molecule has 2 heterocycles. The van der Waals surface area contributed by atoms with Gasteiger partial charge >= 0.3 is 0 Å². The number of hydrogen-bond donors (Lipinski definition) is 1. The van der Waals surface area contributed by atoms with Gasteiger partial charge in [-0.1, -0.05) is 12.1 Å². The van der Waals surface area contributed by atoms with Crippen molar-refractivity contribution in [2.24, 2.45) is 0 Å². The molecule has 1 aliphatic heterocycles. The zero-order chi connectivity index (χ0) is 16.2. The molecule has 6 heteroatoms. The molecule has 2 atom stereocenters. The highest BCUT2D eigenvalue weighted by Crippen LogP contribution is 2.27. The first kappa shape index (κ1) is 16.1. The molecule has 1 fully saturated rings. The standard InChI is InChI=1S/C17H19FN2O2S/c1-11-19-14(10-23-11)9-16(21)20-17(15-3-2-8-22-15)12-4-6-13(18)7-5-12/h4-7,10,15,17H,2-3,8-9H2,1H3,(H,20,21)/t15-,17+/m0/s1. The molecule has 23 heavy (non-hydrogen) atoms. The van der Waals surface area contributed by atoms with Crippen molar-refractivity contribution in [2.45, 2.75) is 38.3 Å². The summed E-state index contributed by atoms with van der Waals surface area (Å²) in [6, 6.07) is 5.97. The summed E-state index contributed by atoms with van der Waals surface area (Å²) in [5.74, 6) is -0.385. The number of thiazole rings is 1. The third-order valence-corrected chi connectivity index (χ3v) is 4.71. The second kappa shape index (κ2) is 7.19. The Hall–Kier alpha value is -1.79. The molecule has 0 aliphatic carbocycles. The normalized spacial score (nSPS) is 18.8. The number of benzene rings is 1. The van der Waals surface area contributed by atoms with Crippen LogP contribution in [0.3, 0.4) is 0 Å². The predicted molar refractivity (Wildman–Crippen MR) is 86.8 cm³/mol. The Kier molecular flexibility index (Phi) is 5.03. The first-order valence-electron chi connectivity index (χ1n) is 7.69. The highest BCUT2D eigenvalue weighted by molar-refractivity contribution is 7.09. The smallest absolute Gasteiger partial charge is 0.226 e. The number of amides is 1. The van der Waals surface area contributed by atoms with Crippen LogP contribution in [0.5, 0.6) is 0 Å². The second-order valence-corrected chi connectivity index (χ2v) is 6.75. The third kappa shape index (κ3) is 4.14. The molecule has 1 aromatic carbocycles. The topological polar surface area (TPSA) is 51.2 Å². The van der Waals surface area contributed by atoms with Crippen LogP contribution in [0.1, 0.15) is 35.1 Å². The minimum absolute atomic E-state index is 0.0680. The fourth-order valence-corrected chi connectivity index (χ4v) is 3.42. The van der Waals surface area contributed by atoms with Crippen LogP contribution in [-0.4, -0.2) is 23.6 Å². The van der Waals surface area contributed by atoms with Crippen LogP contribution < -0.4 is 5.32 Å². The van der Waals surface area contributed by atoms with Gasteiger partial charge in [0.25, 0.3) is 0 Å². The number of aryl methyl sites for hydroxylation is 1. The van der Waals surface area contributed by atoms with Crippen molar-refractivity contribution in [3.8, 4) is 0 Å². The molecular formula is C17H19FN2O2S. The molecule has 0 unspecified atom stereocenters. The SMILES string of the molecule is Cc1nc(CC(=O)N[C@H](c2ccc(F)cc2)[C@@H]2CCCO2)cs1. The predicted octanol–water partition coefficient (Wildman–Crippen LogP) is 3.17. The van der Waals surface area contributed by atoms with E-state index in [9.17, 15) is 9.18 Å². The minimum atomic E-state index is -0.288. The molecule has 0 saturated carbocycles. The van der Waals surface area contributed by atoms with Crippen LogP contribution in [0.25, 0.3) is 0 Å². The lowest BCUT2D eigenvalue weighted by Gasteiger charge is -2.24. The Morgan fingerprint density at radius 2 is 2.26 bits per heavy atom. The molecule has 122 valence electrons. The summed E-state index contributed by atoms with van der Waals surface area (Å²) >= 11 is 1.53. The average molecular weight is 334 g/mol. The van der Waals surface area contributed by atoms with E-state index >= 15 is 0 Å². The number of nitrogens with zero attached hydrogens (tertiary/aromatic N) is 1. The van der Waals surface area contributed by atoms with Gasteiger partial charge in [-0.3, -0.25) is 4.79 Å². The van der Waals surface area contributed by atoms with E-state index < -0.39 is 0 Å². The molecule has 1 aliphatic rings. The Bertz CT molecular complexity index is 665. The lowest BCUT2D eigenvalue weighted by Crippen LogP contribution is -2.37. The van der Waals surface area contributed by atoms with Crippen LogP contribution in [0.4, 0.5) is 4.39 Å². The number of halogens is 1. The average Bonchev–Trinajstić information content (AvgIpc) is 3.18. The van der Waals surface area contributed by atoms with Gasteiger partial charge in [-0.25, -0.2) is 9.37 Å². The van der Waals surface area contributed by atoms with Gasteiger partial charge < -0.3 is 10.1 Å². The Balaban J connectivity index is 1.72. The van der Waals surface area contributed by atoms with Crippen molar-refractivity contribution in [2.75, 3.05) is 6.61 Å². The van der Waals surface area contributed by atoms with Gasteiger partial charge in [0, 0.05) is 12.0 Å². The third-order valence-electron chi connectivity index (χ3n) is 3.89. The molecule has 4 nitrogen and oxygen atoms in total. The van der Waals surface area contributed by atoms with E-state index in [4.69, 9.17) is 4.74 Å². The number of carbonyl (C=O) groups is 1. The van der Waals surface area contributed by atoms with Gasteiger partial charge in [0.2, 0.25) is 5.91 Å². The molecule has 1 N–H and O–H groups in total. The molecule has 3 rings (SSSR count). The lowest BCUT2D eigenvalue weighted by molar-refractivity contribution is -0.122. The first-order valence-corrected chi connectivity index (χ1v) is 8.57. The summed E-state index contributed by atoms with van der Waals surface area (Å²) < 4.78 is 18.9. The first-order chi connectivity index (χ1) is 11.1. The zero-order valence-corrected chi connectivity index (χ0v) is 13.7. The maximum absolute atomic E-state index is 13.2. The fourth-order valence-electron chi connectivity index (χ4n) is 2.80. The van der Waals surface area contributed by atoms with E-state index in [1.54, 1.807) is 12.1 Å². The van der Waals surface area contributed by atoms with Gasteiger partial charge in [0.1, 0.15) is 5.82 Å². The molecule has 1 amide bonds. The van der Waals surface area contributed by atoms with E-state index in [1.807, 2.05) is 12.3 Å². The quantitative estimate of drug-likeness (QED) is 0.914. The molecule has 1 aromatic heterocycles. The lowest BCUT2D eigenvalue weighted by atomic mass is 9.99. The number of aromatic nitrogens is 1. The zero-order valence-electron chi connectivity index (χ0n) is 12.9. The van der Waals surface area contributed by atoms with Crippen molar-refractivity contribution >= 4 is 17.2 Å². The van der Waals surface area contributed by atoms with E-state index in [1.165, 1.54) is 23.5 Å². The Morgan fingerprint density at radius 1 is 1.48 bits per heavy atom. The van der Waals surface area contributed by atoms with Crippen molar-refractivity contribution in [1.29, 1.82) is 0 Å². The van der Waals surface area contributed by atoms with Gasteiger partial charge in [0.05, 0.1) is 29.3 Å². The summed E-state index contributed by atoms with van der Waals surface area (Å²) in [7, 11) is 0. The number of ether oxygens (including phenoxy) is 1. The summed E-state index contributed by atoms with van der Waals surface area (Å²) in [5, 5.41) is 5.87. The van der Waals surface area contributed by atoms with Crippen molar-refractivity contribution in [1.82, 2.24) is 10.3 Å². The Morgan fingerprint density at radius 3 is 2.87 bits per heavy atom. The van der Waals surface area contributed by atoms with Crippen LogP contribution >= 0.6 is 11.3 Å². The molecule has 0 radical (unpaired) electrons. The van der Waals surface area contributed by atoms with Gasteiger partial charge in [-0.05, 0) is 37.5 Å². The van der Waals surface area contributed by atoms with Crippen LogP contribution in [0.2, 0.25) is 0 Å². The van der Waals surface area contributed by atoms with E-state index in [-0.39, 0.29) is 30.3 Å². The maximum Gasteiger partial charge on any atom is 0.226 e. The number of hydrogen-bond acceptors (Lipinski definition) is 4. The molecule has 0 spiro atoms. The number of carbonyl (C=O) groups excluding carboxylic acids is 1. The molecule has 1 saturated heterocycles. The highest BCUT2D eigenvalue weighted by atomic mass is 32.1. The van der Waals surface area contributed by atoms with Crippen molar-refractivity contribution in [3.05, 3.63) is 51.7 Å². The van der Waals surface area contributed by atoms with E-state index in [2.05, 4.69) is 10.3 Å². The van der Waals surface area contributed by atoms with Crippen molar-refractivity contribution in [3.63, 3.8) is 0 Å². The minimum Gasteiger partial charge on any atom is -0.376 e. The molecule has 2 aromatic rings. The van der Waals surface area contributed by atoms with Gasteiger partial charge in [0.15, 0.2) is 0 Å². The maximum atomic E-state index is 13.2. The van der Waals surface area contributed by atoms with E-state index in [0.717, 1.165) is 29.1 Å². The second-order valence-electron chi connectivity index (χ2n) is 5.68. The molecular weight excluding hydrogens is 315 g/mol. The summed E-state index contributed by atoms with van der Waals surface area (Å²) in [6.07, 6.45) is 2.04. The van der Waals surface area contributed by atoms with Crippen molar-refractivity contribution < 1.29 is 13.9 Å². The van der Waals surface area contributed by atoms with E-state index in [0.29, 0.717) is 6.61 Å². The highest BCUT2D eigenvalue weighted by Gasteiger charge is 2.28. The summed E-state index contributed by atoms with van der Waals surface area (Å²) in [5.41, 5.74) is 1.64. The number of rotatable bonds is 5. The summed E-state index contributed by atoms with van der Waals surface area (Å²) in [4.78, 5) is 16.7. The monoisotopic (exact) mass is 334 g/mol. The largest absolute Gasteiger partial charge is 0.376 e. The fraction of sp³-hybridized carbons (Fsp3) is 0.412. The van der Waals surface area contributed by atoms with Crippen LogP contribution in [-0.2, 0) is 16.0 Å². The van der Waals surface area contributed by atoms with Crippen LogP contribution in [0, 0.1) is 12.7 Å². The number of nitrogens with one attached hydrogen (secondary N) is 1.